The van der Waals surface area contributed by atoms with Crippen molar-refractivity contribution in [2.45, 2.75) is 0 Å². The number of hydrogen-bond acceptors (Lipinski definition) is 8. The Balaban J connectivity index is 1.63. The molecule has 5 aromatic rings. The molecule has 10 heteroatoms. The van der Waals surface area contributed by atoms with E-state index in [0.29, 0.717) is 22.9 Å². The molecule has 0 amide bonds. The van der Waals surface area contributed by atoms with E-state index in [2.05, 4.69) is 15.2 Å². The van der Waals surface area contributed by atoms with Crippen molar-refractivity contribution < 1.29 is 9.53 Å². The number of rotatable bonds is 4. The van der Waals surface area contributed by atoms with Crippen molar-refractivity contribution in [3.05, 3.63) is 78.4 Å². The van der Waals surface area contributed by atoms with Crippen LogP contribution in [-0.4, -0.2) is 42.4 Å². The van der Waals surface area contributed by atoms with Crippen LogP contribution >= 0.6 is 0 Å². The van der Waals surface area contributed by atoms with Crippen LogP contribution in [0.5, 0.6) is 0 Å². The number of nitriles is 1. The van der Waals surface area contributed by atoms with Gasteiger partial charge in [0.1, 0.15) is 6.07 Å². The third-order valence-electron chi connectivity index (χ3n) is 5.17. The van der Waals surface area contributed by atoms with Crippen molar-refractivity contribution >= 4 is 17.3 Å². The van der Waals surface area contributed by atoms with Gasteiger partial charge in [0.05, 0.1) is 24.1 Å². The molecule has 0 spiro atoms. The van der Waals surface area contributed by atoms with Crippen molar-refractivity contribution in [1.29, 1.82) is 5.26 Å². The Morgan fingerprint density at radius 2 is 1.91 bits per heavy atom. The number of nitrogens with zero attached hydrogens (tertiary/aromatic N) is 7. The number of anilines is 1. The molecule has 10 nitrogen and oxygen atoms in total. The summed E-state index contributed by atoms with van der Waals surface area (Å²) in [6.07, 6.45) is 4.88. The number of esters is 1. The number of ether oxygens (including phenoxy) is 1. The van der Waals surface area contributed by atoms with E-state index in [0.717, 1.165) is 11.1 Å². The third-order valence-corrected chi connectivity index (χ3v) is 5.17. The fraction of sp³-hybridized carbons (Fsp3) is 0.0435. The summed E-state index contributed by atoms with van der Waals surface area (Å²) in [5.74, 6) is -0.0411. The summed E-state index contributed by atoms with van der Waals surface area (Å²) in [5.41, 5.74) is 9.89. The lowest BCUT2D eigenvalue weighted by Gasteiger charge is -2.10. The Hall–Kier alpha value is -5.04. The highest BCUT2D eigenvalue weighted by molar-refractivity contribution is 5.96. The number of methoxy groups -OCH3 is 1. The molecule has 0 aliphatic rings. The molecule has 4 heterocycles. The second kappa shape index (κ2) is 7.90. The minimum atomic E-state index is -0.634. The van der Waals surface area contributed by atoms with E-state index in [9.17, 15) is 10.1 Å². The summed E-state index contributed by atoms with van der Waals surface area (Å²) in [7, 11) is 1.26. The van der Waals surface area contributed by atoms with Crippen LogP contribution in [0.4, 0.5) is 5.69 Å². The number of nitrogen functional groups attached to an aromatic ring is 1. The summed E-state index contributed by atoms with van der Waals surface area (Å²) in [5, 5.41) is 22.5. The van der Waals surface area contributed by atoms with E-state index in [4.69, 9.17) is 15.6 Å². The molecule has 0 fully saturated rings. The third kappa shape index (κ3) is 3.34. The maximum atomic E-state index is 12.3. The van der Waals surface area contributed by atoms with E-state index >= 15 is 0 Å². The highest BCUT2D eigenvalue weighted by Gasteiger charge is 2.22. The van der Waals surface area contributed by atoms with Crippen LogP contribution in [-0.2, 0) is 4.74 Å². The topological polar surface area (TPSA) is 137 Å². The van der Waals surface area contributed by atoms with Crippen molar-refractivity contribution in [2.75, 3.05) is 12.8 Å². The minimum Gasteiger partial charge on any atom is -0.464 e. The second-order valence-corrected chi connectivity index (χ2v) is 7.08. The molecule has 4 aromatic heterocycles. The van der Waals surface area contributed by atoms with Crippen molar-refractivity contribution in [3.63, 3.8) is 0 Å². The Morgan fingerprint density at radius 1 is 1.09 bits per heavy atom. The minimum absolute atomic E-state index is 0.0702. The fourth-order valence-corrected chi connectivity index (χ4v) is 3.56. The quantitative estimate of drug-likeness (QED) is 0.425. The average Bonchev–Trinajstić information content (AvgIpc) is 3.44. The van der Waals surface area contributed by atoms with Gasteiger partial charge >= 0.3 is 5.97 Å². The molecule has 0 radical (unpaired) electrons. The zero-order chi connectivity index (χ0) is 22.9. The SMILES string of the molecule is COC(=O)c1c(N)c(C#N)cn1-c1cccc(-c2ccc3nnc(-c4ccncc4)n3n2)c1. The summed E-state index contributed by atoms with van der Waals surface area (Å²) >= 11 is 0. The first-order chi connectivity index (χ1) is 16.1. The summed E-state index contributed by atoms with van der Waals surface area (Å²) in [4.78, 5) is 16.4. The van der Waals surface area contributed by atoms with E-state index in [1.165, 1.54) is 13.3 Å². The van der Waals surface area contributed by atoms with Crippen LogP contribution in [0, 0.1) is 11.3 Å². The predicted octanol–water partition coefficient (Wildman–Crippen LogP) is 2.88. The van der Waals surface area contributed by atoms with Crippen LogP contribution in [0.1, 0.15) is 16.1 Å². The number of aromatic nitrogens is 6. The number of carbonyl (C=O) groups is 1. The average molecular weight is 436 g/mol. The van der Waals surface area contributed by atoms with Crippen LogP contribution in [0.3, 0.4) is 0 Å². The summed E-state index contributed by atoms with van der Waals surface area (Å²) in [6.45, 7) is 0. The van der Waals surface area contributed by atoms with Crippen LogP contribution in [0.2, 0.25) is 0 Å². The molecule has 0 atom stereocenters. The number of carbonyl (C=O) groups excluding carboxylic acids is 1. The molecule has 0 aliphatic carbocycles. The largest absolute Gasteiger partial charge is 0.464 e. The lowest BCUT2D eigenvalue weighted by atomic mass is 10.1. The number of fused-ring (bicyclic) bond motifs is 1. The maximum absolute atomic E-state index is 12.3. The van der Waals surface area contributed by atoms with Gasteiger partial charge in [-0.1, -0.05) is 12.1 Å². The molecule has 33 heavy (non-hydrogen) atoms. The lowest BCUT2D eigenvalue weighted by Crippen LogP contribution is -2.11. The monoisotopic (exact) mass is 436 g/mol. The van der Waals surface area contributed by atoms with Gasteiger partial charge in [0.15, 0.2) is 17.2 Å². The van der Waals surface area contributed by atoms with Gasteiger partial charge in [0.25, 0.3) is 0 Å². The van der Waals surface area contributed by atoms with Crippen molar-refractivity contribution in [2.24, 2.45) is 0 Å². The van der Waals surface area contributed by atoms with E-state index in [1.807, 2.05) is 48.5 Å². The number of hydrogen-bond donors (Lipinski definition) is 1. The molecule has 2 N–H and O–H groups in total. The Kier molecular flexibility index (Phi) is 4.76. The smallest absolute Gasteiger partial charge is 0.357 e. The Morgan fingerprint density at radius 3 is 2.67 bits per heavy atom. The van der Waals surface area contributed by atoms with Gasteiger partial charge in [-0.3, -0.25) is 4.98 Å². The van der Waals surface area contributed by atoms with Gasteiger partial charge < -0.3 is 15.0 Å². The van der Waals surface area contributed by atoms with Crippen molar-refractivity contribution in [1.82, 2.24) is 29.4 Å². The van der Waals surface area contributed by atoms with Gasteiger partial charge in [-0.15, -0.1) is 10.2 Å². The van der Waals surface area contributed by atoms with E-state index in [-0.39, 0.29) is 16.9 Å². The maximum Gasteiger partial charge on any atom is 0.357 e. The molecule has 5 rings (SSSR count). The molecule has 0 aliphatic heterocycles. The molecule has 1 aromatic carbocycles. The number of benzene rings is 1. The molecule has 0 saturated heterocycles. The van der Waals surface area contributed by atoms with Gasteiger partial charge in [0.2, 0.25) is 0 Å². The van der Waals surface area contributed by atoms with E-state index < -0.39 is 5.97 Å². The zero-order valence-electron chi connectivity index (χ0n) is 17.4. The molecule has 0 unspecified atom stereocenters. The summed E-state index contributed by atoms with van der Waals surface area (Å²) < 4.78 is 8.07. The molecular weight excluding hydrogens is 420 g/mol. The summed E-state index contributed by atoms with van der Waals surface area (Å²) in [6, 6.07) is 16.7. The first-order valence-electron chi connectivity index (χ1n) is 9.83. The second-order valence-electron chi connectivity index (χ2n) is 7.08. The van der Waals surface area contributed by atoms with Crippen LogP contribution in [0.25, 0.3) is 34.0 Å². The molecular formula is C23H16N8O2. The van der Waals surface area contributed by atoms with Gasteiger partial charge in [0, 0.05) is 35.4 Å². The number of pyridine rings is 1. The number of nitrogens with two attached hydrogens (primary N) is 1. The predicted molar refractivity (Wildman–Crippen MR) is 119 cm³/mol. The van der Waals surface area contributed by atoms with Crippen LogP contribution in [0.15, 0.2) is 67.1 Å². The molecule has 0 saturated carbocycles. The standard InChI is InChI=1S/C23H16N8O2/c1-33-23(32)21-20(25)16(12-24)13-30(21)17-4-2-3-15(11-17)18-5-6-19-27-28-22(31(19)29-18)14-7-9-26-10-8-14/h2-11,13H,25H2,1H3. The highest BCUT2D eigenvalue weighted by Crippen LogP contribution is 2.28. The zero-order valence-corrected chi connectivity index (χ0v) is 17.4. The molecule has 0 bridgehead atoms. The van der Waals surface area contributed by atoms with Crippen LogP contribution < -0.4 is 5.73 Å². The van der Waals surface area contributed by atoms with Gasteiger partial charge in [-0.25, -0.2) is 4.79 Å². The fourth-order valence-electron chi connectivity index (χ4n) is 3.56. The first-order valence-corrected chi connectivity index (χ1v) is 9.83. The molecule has 160 valence electrons. The van der Waals surface area contributed by atoms with Crippen molar-refractivity contribution in [3.8, 4) is 34.4 Å². The first kappa shape index (κ1) is 19.9. The Bertz CT molecular complexity index is 1550. The van der Waals surface area contributed by atoms with Gasteiger partial charge in [-0.05, 0) is 36.4 Å². The van der Waals surface area contributed by atoms with E-state index in [1.54, 1.807) is 27.5 Å². The normalized spacial score (nSPS) is 10.8. The highest BCUT2D eigenvalue weighted by atomic mass is 16.5. The van der Waals surface area contributed by atoms with Gasteiger partial charge in [-0.2, -0.15) is 14.9 Å². The lowest BCUT2D eigenvalue weighted by molar-refractivity contribution is 0.0593. The Labute approximate surface area is 187 Å².